The molecule has 0 atom stereocenters. The van der Waals surface area contributed by atoms with Crippen molar-refractivity contribution in [1.29, 1.82) is 0 Å². The van der Waals surface area contributed by atoms with Crippen LogP contribution in [-0.2, 0) is 14.3 Å². The van der Waals surface area contributed by atoms with E-state index >= 15 is 0 Å². The summed E-state index contributed by atoms with van der Waals surface area (Å²) in [6, 6.07) is 6.47. The molecule has 1 aromatic rings. The van der Waals surface area contributed by atoms with E-state index in [1.165, 1.54) is 0 Å². The first-order valence-corrected chi connectivity index (χ1v) is 6.21. The van der Waals surface area contributed by atoms with Crippen molar-refractivity contribution >= 4 is 23.7 Å². The van der Waals surface area contributed by atoms with Crippen molar-refractivity contribution < 1.29 is 23.1 Å². The first-order valence-electron chi connectivity index (χ1n) is 5.33. The van der Waals surface area contributed by atoms with Gasteiger partial charge in [-0.25, -0.2) is 0 Å². The second kappa shape index (κ2) is 5.48. The fourth-order valence-electron chi connectivity index (χ4n) is 1.84. The van der Waals surface area contributed by atoms with Crippen LogP contribution in [0.3, 0.4) is 0 Å². The van der Waals surface area contributed by atoms with Crippen LogP contribution in [0.5, 0.6) is 0 Å². The van der Waals surface area contributed by atoms with Crippen LogP contribution in [0.15, 0.2) is 29.2 Å². The number of hydrogen-bond donors (Lipinski definition) is 0. The molecule has 0 amide bonds. The van der Waals surface area contributed by atoms with Crippen LogP contribution in [0.4, 0.5) is 8.78 Å². The molecule has 0 bridgehead atoms. The number of thioether (sulfide) groups is 1. The lowest BCUT2D eigenvalue weighted by Crippen LogP contribution is -2.24. The summed E-state index contributed by atoms with van der Waals surface area (Å²) in [6.07, 6.45) is 0.292. The molecule has 6 heteroatoms. The largest absolute Gasteiger partial charge is 0.393 e. The molecule has 0 saturated carbocycles. The summed E-state index contributed by atoms with van der Waals surface area (Å²) in [4.78, 5) is 22.7. The topological polar surface area (TPSA) is 43.4 Å². The third-order valence-corrected chi connectivity index (χ3v) is 3.35. The van der Waals surface area contributed by atoms with Gasteiger partial charge in [0.25, 0.3) is 5.76 Å². The Morgan fingerprint density at radius 2 is 1.67 bits per heavy atom. The number of carbonyl (C=O) groups is 2. The van der Waals surface area contributed by atoms with Crippen molar-refractivity contribution in [3.05, 3.63) is 29.8 Å². The van der Waals surface area contributed by atoms with Gasteiger partial charge < -0.3 is 4.74 Å². The Morgan fingerprint density at radius 1 is 1.11 bits per heavy atom. The average molecular weight is 272 g/mol. The predicted octanol–water partition coefficient (Wildman–Crippen LogP) is 2.95. The Balaban J connectivity index is 2.09. The monoisotopic (exact) mass is 272 g/mol. The van der Waals surface area contributed by atoms with Gasteiger partial charge in [0.05, 0.1) is 12.8 Å². The molecule has 1 fully saturated rings. The van der Waals surface area contributed by atoms with Crippen LogP contribution in [0.2, 0.25) is 0 Å². The summed E-state index contributed by atoms with van der Waals surface area (Å²) in [6.45, 7) is 0. The fraction of sp³-hybridized carbons (Fsp3) is 0.333. The van der Waals surface area contributed by atoms with Crippen molar-refractivity contribution in [2.45, 2.75) is 29.4 Å². The van der Waals surface area contributed by atoms with E-state index in [-0.39, 0.29) is 18.8 Å². The molecule has 1 heterocycles. The van der Waals surface area contributed by atoms with Crippen LogP contribution in [0.1, 0.15) is 24.3 Å². The number of rotatable bonds is 3. The van der Waals surface area contributed by atoms with E-state index < -0.39 is 17.7 Å². The van der Waals surface area contributed by atoms with Gasteiger partial charge in [-0.2, -0.15) is 8.78 Å². The molecule has 0 N–H and O–H groups in total. The van der Waals surface area contributed by atoms with Gasteiger partial charge in [-0.3, -0.25) is 9.59 Å². The maximum Gasteiger partial charge on any atom is 0.314 e. The maximum absolute atomic E-state index is 12.1. The van der Waals surface area contributed by atoms with E-state index in [4.69, 9.17) is 0 Å². The smallest absolute Gasteiger partial charge is 0.314 e. The van der Waals surface area contributed by atoms with E-state index in [2.05, 4.69) is 4.74 Å². The van der Waals surface area contributed by atoms with Gasteiger partial charge in [-0.05, 0) is 17.7 Å². The average Bonchev–Trinajstić information content (AvgIpc) is 2.27. The maximum atomic E-state index is 12.1. The minimum atomic E-state index is -2.46. The molecule has 96 valence electrons. The Morgan fingerprint density at radius 3 is 2.17 bits per heavy atom. The van der Waals surface area contributed by atoms with Crippen molar-refractivity contribution in [3.63, 3.8) is 0 Å². The van der Waals surface area contributed by atoms with Crippen molar-refractivity contribution in [1.82, 2.24) is 0 Å². The quantitative estimate of drug-likeness (QED) is 0.482. The Bertz CT molecular complexity index is 443. The minimum Gasteiger partial charge on any atom is -0.393 e. The molecular weight excluding hydrogens is 262 g/mol. The molecular formula is C12H10F2O3S. The first-order chi connectivity index (χ1) is 8.54. The molecule has 0 aliphatic carbocycles. The number of benzene rings is 1. The molecule has 1 aliphatic rings. The summed E-state index contributed by atoms with van der Waals surface area (Å²) in [5.74, 6) is -3.75. The Labute approximate surface area is 107 Å². The molecule has 1 aliphatic heterocycles. The summed E-state index contributed by atoms with van der Waals surface area (Å²) in [5, 5.41) is 0. The number of ether oxygens (including phenoxy) is 1. The molecule has 2 rings (SSSR count). The van der Waals surface area contributed by atoms with Crippen molar-refractivity contribution in [3.8, 4) is 0 Å². The standard InChI is InChI=1S/C12H10F2O3S/c13-12(14)18-9-3-1-7(2-4-9)8-5-10(15)17-11(16)6-8/h1-4,8,12H,5-6H2. The Kier molecular flexibility index (Phi) is 3.96. The van der Waals surface area contributed by atoms with Gasteiger partial charge in [-0.15, -0.1) is 0 Å². The third kappa shape index (κ3) is 3.29. The highest BCUT2D eigenvalue weighted by Gasteiger charge is 2.28. The van der Waals surface area contributed by atoms with Crippen LogP contribution in [0, 0.1) is 0 Å². The SMILES string of the molecule is O=C1CC(c2ccc(SC(F)F)cc2)CC(=O)O1. The lowest BCUT2D eigenvalue weighted by atomic mass is 9.91. The van der Waals surface area contributed by atoms with Crippen LogP contribution >= 0.6 is 11.8 Å². The summed E-state index contributed by atoms with van der Waals surface area (Å²) >= 11 is 0.463. The van der Waals surface area contributed by atoms with Crippen molar-refractivity contribution in [2.75, 3.05) is 0 Å². The van der Waals surface area contributed by atoms with E-state index in [9.17, 15) is 18.4 Å². The molecule has 0 unspecified atom stereocenters. The lowest BCUT2D eigenvalue weighted by Gasteiger charge is -2.20. The van der Waals surface area contributed by atoms with E-state index in [1.54, 1.807) is 24.3 Å². The molecule has 1 saturated heterocycles. The molecule has 0 radical (unpaired) electrons. The van der Waals surface area contributed by atoms with Gasteiger partial charge in [0.15, 0.2) is 0 Å². The number of hydrogen-bond acceptors (Lipinski definition) is 4. The number of halogens is 2. The number of carbonyl (C=O) groups excluding carboxylic acids is 2. The highest BCUT2D eigenvalue weighted by atomic mass is 32.2. The predicted molar refractivity (Wildman–Crippen MR) is 61.4 cm³/mol. The van der Waals surface area contributed by atoms with Crippen LogP contribution in [-0.4, -0.2) is 17.7 Å². The third-order valence-electron chi connectivity index (χ3n) is 2.63. The number of alkyl halides is 2. The normalized spacial score (nSPS) is 17.1. The molecule has 3 nitrogen and oxygen atoms in total. The second-order valence-corrected chi connectivity index (χ2v) is 4.96. The van der Waals surface area contributed by atoms with Crippen LogP contribution < -0.4 is 0 Å². The minimum absolute atomic E-state index is 0.146. The van der Waals surface area contributed by atoms with Gasteiger partial charge in [0.1, 0.15) is 0 Å². The molecule has 0 spiro atoms. The molecule has 1 aromatic carbocycles. The van der Waals surface area contributed by atoms with Gasteiger partial charge in [-0.1, -0.05) is 23.9 Å². The van der Waals surface area contributed by atoms with Gasteiger partial charge in [0.2, 0.25) is 0 Å². The highest BCUT2D eigenvalue weighted by Crippen LogP contribution is 2.31. The zero-order chi connectivity index (χ0) is 13.1. The Hall–Kier alpha value is -1.43. The lowest BCUT2D eigenvalue weighted by molar-refractivity contribution is -0.163. The summed E-state index contributed by atoms with van der Waals surface area (Å²) in [7, 11) is 0. The molecule has 18 heavy (non-hydrogen) atoms. The van der Waals surface area contributed by atoms with Crippen molar-refractivity contribution in [2.24, 2.45) is 0 Å². The van der Waals surface area contributed by atoms with Crippen LogP contribution in [0.25, 0.3) is 0 Å². The summed E-state index contributed by atoms with van der Waals surface area (Å²) in [5.41, 5.74) is 0.790. The number of cyclic esters (lactones) is 2. The van der Waals surface area contributed by atoms with E-state index in [0.29, 0.717) is 16.7 Å². The van der Waals surface area contributed by atoms with Gasteiger partial charge >= 0.3 is 11.9 Å². The van der Waals surface area contributed by atoms with E-state index in [1.807, 2.05) is 0 Å². The fourth-order valence-corrected chi connectivity index (χ4v) is 2.34. The first kappa shape index (κ1) is 13.0. The summed E-state index contributed by atoms with van der Waals surface area (Å²) < 4.78 is 28.7. The zero-order valence-electron chi connectivity index (χ0n) is 9.27. The second-order valence-electron chi connectivity index (χ2n) is 3.90. The van der Waals surface area contributed by atoms with Gasteiger partial charge in [0, 0.05) is 10.8 Å². The zero-order valence-corrected chi connectivity index (χ0v) is 10.1. The number of esters is 2. The highest BCUT2D eigenvalue weighted by molar-refractivity contribution is 7.99. The van der Waals surface area contributed by atoms with E-state index in [0.717, 1.165) is 5.56 Å². The molecule has 0 aromatic heterocycles.